The first-order valence-corrected chi connectivity index (χ1v) is 3.33. The van der Waals surface area contributed by atoms with Gasteiger partial charge >= 0.3 is 0 Å². The van der Waals surface area contributed by atoms with Crippen LogP contribution in [0.5, 0.6) is 0 Å². The zero-order valence-electron chi connectivity index (χ0n) is 5.81. The van der Waals surface area contributed by atoms with E-state index in [2.05, 4.69) is 0 Å². The second-order valence-corrected chi connectivity index (χ2v) is 2.74. The molecule has 1 atom stereocenters. The van der Waals surface area contributed by atoms with Gasteiger partial charge in [0, 0.05) is 18.8 Å². The number of ketones is 1. The first-order chi connectivity index (χ1) is 5.06. The molecule has 1 rings (SSSR count). The standard InChI is InChI=1S/C7H7F2NO/c8-7(9)4-5(7)3-6(11)1-2-10/h5H,1,3-4H2. The van der Waals surface area contributed by atoms with Gasteiger partial charge in [0.15, 0.2) is 0 Å². The number of Topliss-reactive ketones (excluding diaryl/α,β-unsaturated/α-hetero) is 1. The molecule has 0 N–H and O–H groups in total. The van der Waals surface area contributed by atoms with Crippen LogP contribution >= 0.6 is 0 Å². The van der Waals surface area contributed by atoms with Crippen molar-refractivity contribution < 1.29 is 13.6 Å². The van der Waals surface area contributed by atoms with E-state index in [1.165, 1.54) is 0 Å². The van der Waals surface area contributed by atoms with Gasteiger partial charge in [-0.15, -0.1) is 0 Å². The van der Waals surface area contributed by atoms with Crippen LogP contribution in [0.15, 0.2) is 0 Å². The Morgan fingerprint density at radius 3 is 2.64 bits per heavy atom. The van der Waals surface area contributed by atoms with Crippen molar-refractivity contribution in [2.75, 3.05) is 0 Å². The molecule has 1 saturated carbocycles. The third kappa shape index (κ3) is 1.97. The maximum Gasteiger partial charge on any atom is 0.252 e. The van der Waals surface area contributed by atoms with E-state index < -0.39 is 11.8 Å². The van der Waals surface area contributed by atoms with Gasteiger partial charge in [0.1, 0.15) is 5.78 Å². The van der Waals surface area contributed by atoms with Gasteiger partial charge in [-0.2, -0.15) is 5.26 Å². The fraction of sp³-hybridized carbons (Fsp3) is 0.714. The van der Waals surface area contributed by atoms with Crippen molar-refractivity contribution in [2.45, 2.75) is 25.2 Å². The number of nitrogens with zero attached hydrogens (tertiary/aromatic N) is 1. The molecule has 0 aromatic rings. The van der Waals surface area contributed by atoms with Crippen molar-refractivity contribution in [3.05, 3.63) is 0 Å². The quantitative estimate of drug-likeness (QED) is 0.626. The van der Waals surface area contributed by atoms with Crippen LogP contribution in [0, 0.1) is 17.2 Å². The number of carbonyl (C=O) groups is 1. The molecule has 1 aliphatic rings. The number of hydrogen-bond acceptors (Lipinski definition) is 2. The number of nitriles is 1. The lowest BCUT2D eigenvalue weighted by Crippen LogP contribution is -2.02. The molecule has 2 nitrogen and oxygen atoms in total. The molecular weight excluding hydrogens is 152 g/mol. The Hall–Kier alpha value is -0.980. The lowest BCUT2D eigenvalue weighted by atomic mass is 10.1. The van der Waals surface area contributed by atoms with E-state index >= 15 is 0 Å². The van der Waals surface area contributed by atoms with Gasteiger partial charge in [0.05, 0.1) is 12.5 Å². The van der Waals surface area contributed by atoms with Crippen LogP contribution in [-0.4, -0.2) is 11.7 Å². The Bertz CT molecular complexity index is 219. The summed E-state index contributed by atoms with van der Waals surface area (Å²) >= 11 is 0. The second-order valence-electron chi connectivity index (χ2n) is 2.74. The average Bonchev–Trinajstić information content (AvgIpc) is 2.39. The summed E-state index contributed by atoms with van der Waals surface area (Å²) in [6.07, 6.45) is -0.572. The van der Waals surface area contributed by atoms with Gasteiger partial charge in [0.2, 0.25) is 0 Å². The zero-order valence-corrected chi connectivity index (χ0v) is 5.81. The molecule has 0 radical (unpaired) electrons. The van der Waals surface area contributed by atoms with Gasteiger partial charge in [-0.3, -0.25) is 4.79 Å². The number of halogens is 2. The van der Waals surface area contributed by atoms with Crippen LogP contribution in [0.4, 0.5) is 8.78 Å². The van der Waals surface area contributed by atoms with Gasteiger partial charge < -0.3 is 0 Å². The summed E-state index contributed by atoms with van der Waals surface area (Å²) in [6.45, 7) is 0. The van der Waals surface area contributed by atoms with Crippen LogP contribution in [0.2, 0.25) is 0 Å². The normalized spacial score (nSPS) is 25.7. The summed E-state index contributed by atoms with van der Waals surface area (Å²) in [5.74, 6) is -3.80. The number of hydrogen-bond donors (Lipinski definition) is 0. The van der Waals surface area contributed by atoms with Crippen LogP contribution < -0.4 is 0 Å². The molecule has 0 bridgehead atoms. The molecule has 0 saturated heterocycles. The van der Waals surface area contributed by atoms with E-state index in [1.807, 2.05) is 0 Å². The first-order valence-electron chi connectivity index (χ1n) is 3.33. The molecule has 1 aliphatic carbocycles. The number of carbonyl (C=O) groups excluding carboxylic acids is 1. The zero-order chi connectivity index (χ0) is 8.48. The number of rotatable bonds is 3. The van der Waals surface area contributed by atoms with Crippen molar-refractivity contribution in [1.29, 1.82) is 5.26 Å². The predicted octanol–water partition coefficient (Wildman–Crippen LogP) is 1.51. The predicted molar refractivity (Wildman–Crippen MR) is 32.9 cm³/mol. The third-order valence-corrected chi connectivity index (χ3v) is 1.71. The largest absolute Gasteiger partial charge is 0.299 e. The summed E-state index contributed by atoms with van der Waals surface area (Å²) in [7, 11) is 0. The molecule has 0 spiro atoms. The molecule has 0 aromatic heterocycles. The Balaban J connectivity index is 2.25. The van der Waals surface area contributed by atoms with Crippen molar-refractivity contribution in [3.8, 4) is 6.07 Å². The molecule has 0 heterocycles. The first kappa shape index (κ1) is 8.12. The Kier molecular flexibility index (Phi) is 1.90. The van der Waals surface area contributed by atoms with E-state index in [0.29, 0.717) is 0 Å². The second kappa shape index (κ2) is 2.57. The highest BCUT2D eigenvalue weighted by Crippen LogP contribution is 2.50. The maximum atomic E-state index is 12.2. The minimum Gasteiger partial charge on any atom is -0.299 e. The molecule has 11 heavy (non-hydrogen) atoms. The monoisotopic (exact) mass is 159 g/mol. The summed E-state index contributed by atoms with van der Waals surface area (Å²) < 4.78 is 24.3. The fourth-order valence-corrected chi connectivity index (χ4v) is 0.926. The molecule has 60 valence electrons. The van der Waals surface area contributed by atoms with Crippen molar-refractivity contribution >= 4 is 5.78 Å². The minimum absolute atomic E-state index is 0.138. The molecule has 4 heteroatoms. The maximum absolute atomic E-state index is 12.2. The van der Waals surface area contributed by atoms with Crippen molar-refractivity contribution in [1.82, 2.24) is 0 Å². The summed E-state index contributed by atoms with van der Waals surface area (Å²) in [4.78, 5) is 10.6. The SMILES string of the molecule is N#CCC(=O)CC1CC1(F)F. The molecule has 1 unspecified atom stereocenters. The van der Waals surface area contributed by atoms with Crippen molar-refractivity contribution in [2.24, 2.45) is 5.92 Å². The van der Waals surface area contributed by atoms with Crippen LogP contribution in [0.1, 0.15) is 19.3 Å². The molecule has 1 fully saturated rings. The van der Waals surface area contributed by atoms with Crippen LogP contribution in [0.25, 0.3) is 0 Å². The Morgan fingerprint density at radius 2 is 2.27 bits per heavy atom. The van der Waals surface area contributed by atoms with Gasteiger partial charge in [-0.25, -0.2) is 8.78 Å². The van der Waals surface area contributed by atoms with E-state index in [1.54, 1.807) is 6.07 Å². The fourth-order valence-electron chi connectivity index (χ4n) is 0.926. The van der Waals surface area contributed by atoms with Crippen molar-refractivity contribution in [3.63, 3.8) is 0 Å². The summed E-state index contributed by atoms with van der Waals surface area (Å²) in [6, 6.07) is 1.63. The average molecular weight is 159 g/mol. The minimum atomic E-state index is -2.63. The van der Waals surface area contributed by atoms with Gasteiger partial charge in [-0.1, -0.05) is 0 Å². The Labute approximate surface area is 62.8 Å². The third-order valence-electron chi connectivity index (χ3n) is 1.71. The van der Waals surface area contributed by atoms with Gasteiger partial charge in [0.25, 0.3) is 5.92 Å². The summed E-state index contributed by atoms with van der Waals surface area (Å²) in [5.41, 5.74) is 0. The molecule has 0 amide bonds. The Morgan fingerprint density at radius 1 is 1.73 bits per heavy atom. The highest BCUT2D eigenvalue weighted by Gasteiger charge is 2.56. The van der Waals surface area contributed by atoms with E-state index in [0.717, 1.165) is 0 Å². The van der Waals surface area contributed by atoms with E-state index in [4.69, 9.17) is 5.26 Å². The highest BCUT2D eigenvalue weighted by molar-refractivity contribution is 5.81. The van der Waals surface area contributed by atoms with E-state index in [9.17, 15) is 13.6 Å². The molecule has 0 aromatic carbocycles. The molecule has 0 aliphatic heterocycles. The van der Waals surface area contributed by atoms with Crippen LogP contribution in [0.3, 0.4) is 0 Å². The summed E-state index contributed by atoms with van der Waals surface area (Å²) in [5, 5.41) is 8.04. The van der Waals surface area contributed by atoms with E-state index in [-0.39, 0.29) is 25.0 Å². The number of alkyl halides is 2. The highest BCUT2D eigenvalue weighted by atomic mass is 19.3. The topological polar surface area (TPSA) is 40.9 Å². The lowest BCUT2D eigenvalue weighted by Gasteiger charge is -1.93. The van der Waals surface area contributed by atoms with Gasteiger partial charge in [-0.05, 0) is 0 Å². The molecular formula is C7H7F2NO. The lowest BCUT2D eigenvalue weighted by molar-refractivity contribution is -0.119. The smallest absolute Gasteiger partial charge is 0.252 e. The van der Waals surface area contributed by atoms with Crippen LogP contribution in [-0.2, 0) is 4.79 Å².